The molecule has 0 N–H and O–H groups in total. The van der Waals surface area contributed by atoms with Crippen LogP contribution in [0.5, 0.6) is 11.5 Å². The first-order valence-electron chi connectivity index (χ1n) is 9.83. The van der Waals surface area contributed by atoms with Gasteiger partial charge in [-0.05, 0) is 68.7 Å². The molecule has 2 aromatic rings. The first-order valence-corrected chi connectivity index (χ1v) is 9.83. The molecule has 0 unspecified atom stereocenters. The van der Waals surface area contributed by atoms with Gasteiger partial charge in [0.15, 0.2) is 0 Å². The second-order valence-electron chi connectivity index (χ2n) is 7.15. The van der Waals surface area contributed by atoms with Gasteiger partial charge >= 0.3 is 0 Å². The van der Waals surface area contributed by atoms with Gasteiger partial charge in [-0.25, -0.2) is 0 Å². The SMILES string of the molecule is CCOc1ccc(C(=O)N2CCOCC2)cc1COc1cc(C)cc(C)c1C. The van der Waals surface area contributed by atoms with Crippen LogP contribution < -0.4 is 9.47 Å². The van der Waals surface area contributed by atoms with Gasteiger partial charge in [-0.1, -0.05) is 6.07 Å². The van der Waals surface area contributed by atoms with Crippen molar-refractivity contribution in [1.29, 1.82) is 0 Å². The molecule has 1 fully saturated rings. The lowest BCUT2D eigenvalue weighted by Crippen LogP contribution is -2.40. The van der Waals surface area contributed by atoms with Crippen molar-refractivity contribution in [1.82, 2.24) is 4.90 Å². The number of amides is 1. The minimum Gasteiger partial charge on any atom is -0.493 e. The number of nitrogens with zero attached hydrogens (tertiary/aromatic N) is 1. The number of ether oxygens (including phenoxy) is 3. The minimum absolute atomic E-state index is 0.0233. The third-order valence-electron chi connectivity index (χ3n) is 5.05. The van der Waals surface area contributed by atoms with E-state index >= 15 is 0 Å². The van der Waals surface area contributed by atoms with E-state index in [1.165, 1.54) is 11.1 Å². The summed E-state index contributed by atoms with van der Waals surface area (Å²) in [5.41, 5.74) is 5.03. The Bertz CT molecular complexity index is 841. The van der Waals surface area contributed by atoms with Gasteiger partial charge in [0, 0.05) is 24.2 Å². The molecule has 1 amide bonds. The Labute approximate surface area is 167 Å². The highest BCUT2D eigenvalue weighted by Gasteiger charge is 2.20. The summed E-state index contributed by atoms with van der Waals surface area (Å²) in [6.45, 7) is 11.5. The lowest BCUT2D eigenvalue weighted by Gasteiger charge is -2.27. The summed E-state index contributed by atoms with van der Waals surface area (Å²) < 4.78 is 17.2. The molecule has 0 bridgehead atoms. The van der Waals surface area contributed by atoms with Crippen LogP contribution in [0.4, 0.5) is 0 Å². The summed E-state index contributed by atoms with van der Waals surface area (Å²) in [5, 5.41) is 0. The second kappa shape index (κ2) is 9.11. The molecule has 0 saturated carbocycles. The predicted molar refractivity (Wildman–Crippen MR) is 109 cm³/mol. The number of benzene rings is 2. The van der Waals surface area contributed by atoms with E-state index in [2.05, 4.69) is 26.8 Å². The van der Waals surface area contributed by atoms with E-state index in [0.717, 1.165) is 22.6 Å². The van der Waals surface area contributed by atoms with Crippen LogP contribution in [-0.2, 0) is 11.3 Å². The molecule has 0 aromatic heterocycles. The van der Waals surface area contributed by atoms with Crippen LogP contribution in [0.1, 0.15) is 39.5 Å². The molecule has 0 aliphatic carbocycles. The van der Waals surface area contributed by atoms with Gasteiger partial charge in [-0.3, -0.25) is 4.79 Å². The van der Waals surface area contributed by atoms with Gasteiger partial charge in [0.05, 0.1) is 19.8 Å². The summed E-state index contributed by atoms with van der Waals surface area (Å²) in [6, 6.07) is 9.78. The van der Waals surface area contributed by atoms with E-state index < -0.39 is 0 Å². The number of aryl methyl sites for hydroxylation is 2. The average molecular weight is 383 g/mol. The highest BCUT2D eigenvalue weighted by Crippen LogP contribution is 2.27. The maximum atomic E-state index is 12.8. The van der Waals surface area contributed by atoms with Crippen molar-refractivity contribution >= 4 is 5.91 Å². The van der Waals surface area contributed by atoms with E-state index in [1.807, 2.05) is 36.1 Å². The van der Waals surface area contributed by atoms with E-state index in [9.17, 15) is 4.79 Å². The minimum atomic E-state index is 0.0233. The molecule has 5 nitrogen and oxygen atoms in total. The lowest BCUT2D eigenvalue weighted by atomic mass is 10.1. The Balaban J connectivity index is 1.82. The van der Waals surface area contributed by atoms with Crippen LogP contribution in [0.2, 0.25) is 0 Å². The molecular formula is C23H29NO4. The zero-order chi connectivity index (χ0) is 20.1. The van der Waals surface area contributed by atoms with Crippen LogP contribution in [0.25, 0.3) is 0 Å². The molecule has 1 saturated heterocycles. The third kappa shape index (κ3) is 4.65. The molecule has 150 valence electrons. The molecule has 2 aromatic carbocycles. The van der Waals surface area contributed by atoms with Gasteiger partial charge < -0.3 is 19.1 Å². The topological polar surface area (TPSA) is 48.0 Å². The van der Waals surface area contributed by atoms with Crippen molar-refractivity contribution in [3.8, 4) is 11.5 Å². The van der Waals surface area contributed by atoms with Gasteiger partial charge in [-0.2, -0.15) is 0 Å². The number of carbonyl (C=O) groups excluding carboxylic acids is 1. The molecule has 0 spiro atoms. The summed E-state index contributed by atoms with van der Waals surface area (Å²) in [4.78, 5) is 14.7. The van der Waals surface area contributed by atoms with Gasteiger partial charge in [0.25, 0.3) is 5.91 Å². The summed E-state index contributed by atoms with van der Waals surface area (Å²) in [5.74, 6) is 1.64. The van der Waals surface area contributed by atoms with Crippen molar-refractivity contribution < 1.29 is 19.0 Å². The Morgan fingerprint density at radius 1 is 1.04 bits per heavy atom. The van der Waals surface area contributed by atoms with Crippen LogP contribution in [0.3, 0.4) is 0 Å². The molecule has 1 aliphatic heterocycles. The van der Waals surface area contributed by atoms with E-state index in [1.54, 1.807) is 0 Å². The smallest absolute Gasteiger partial charge is 0.254 e. The van der Waals surface area contributed by atoms with Gasteiger partial charge in [-0.15, -0.1) is 0 Å². The van der Waals surface area contributed by atoms with E-state index in [4.69, 9.17) is 14.2 Å². The standard InChI is InChI=1S/C23H29NO4/c1-5-27-21-7-6-19(23(25)24-8-10-26-11-9-24)14-20(21)15-28-22-13-16(2)12-17(3)18(22)4/h6-7,12-14H,5,8-11,15H2,1-4H3. The summed E-state index contributed by atoms with van der Waals surface area (Å²) in [6.07, 6.45) is 0. The largest absolute Gasteiger partial charge is 0.493 e. The van der Waals surface area contributed by atoms with Crippen molar-refractivity contribution in [3.63, 3.8) is 0 Å². The fourth-order valence-corrected chi connectivity index (χ4v) is 3.38. The molecule has 1 aliphatic rings. The first kappa shape index (κ1) is 20.2. The van der Waals surface area contributed by atoms with Gasteiger partial charge in [0.2, 0.25) is 0 Å². The Morgan fingerprint density at radius 2 is 1.79 bits per heavy atom. The molecular weight excluding hydrogens is 354 g/mol. The molecule has 3 rings (SSSR count). The number of hydrogen-bond acceptors (Lipinski definition) is 4. The summed E-state index contributed by atoms with van der Waals surface area (Å²) >= 11 is 0. The Morgan fingerprint density at radius 3 is 2.50 bits per heavy atom. The first-order chi connectivity index (χ1) is 13.5. The zero-order valence-electron chi connectivity index (χ0n) is 17.2. The molecule has 28 heavy (non-hydrogen) atoms. The van der Waals surface area contributed by atoms with E-state index in [0.29, 0.717) is 45.1 Å². The molecule has 0 atom stereocenters. The van der Waals surface area contributed by atoms with Gasteiger partial charge in [0.1, 0.15) is 18.1 Å². The number of carbonyl (C=O) groups is 1. The molecule has 0 radical (unpaired) electrons. The third-order valence-corrected chi connectivity index (χ3v) is 5.05. The fraction of sp³-hybridized carbons (Fsp3) is 0.435. The maximum absolute atomic E-state index is 12.8. The Kier molecular flexibility index (Phi) is 6.57. The van der Waals surface area contributed by atoms with Crippen molar-refractivity contribution in [3.05, 3.63) is 58.1 Å². The average Bonchev–Trinajstić information content (AvgIpc) is 2.70. The van der Waals surface area contributed by atoms with Crippen LogP contribution >= 0.6 is 0 Å². The maximum Gasteiger partial charge on any atom is 0.254 e. The van der Waals surface area contributed by atoms with Crippen LogP contribution in [0.15, 0.2) is 30.3 Å². The van der Waals surface area contributed by atoms with Crippen molar-refractivity contribution in [2.45, 2.75) is 34.3 Å². The normalized spacial score (nSPS) is 14.1. The zero-order valence-corrected chi connectivity index (χ0v) is 17.2. The number of hydrogen-bond donors (Lipinski definition) is 0. The van der Waals surface area contributed by atoms with Crippen LogP contribution in [0, 0.1) is 20.8 Å². The fourth-order valence-electron chi connectivity index (χ4n) is 3.38. The monoisotopic (exact) mass is 383 g/mol. The highest BCUT2D eigenvalue weighted by molar-refractivity contribution is 5.94. The van der Waals surface area contributed by atoms with Crippen LogP contribution in [-0.4, -0.2) is 43.7 Å². The number of rotatable bonds is 6. The second-order valence-corrected chi connectivity index (χ2v) is 7.15. The van der Waals surface area contributed by atoms with Crippen molar-refractivity contribution in [2.24, 2.45) is 0 Å². The predicted octanol–water partition coefficient (Wildman–Crippen LogP) is 4.06. The lowest BCUT2D eigenvalue weighted by molar-refractivity contribution is 0.0302. The van der Waals surface area contributed by atoms with Crippen molar-refractivity contribution in [2.75, 3.05) is 32.9 Å². The summed E-state index contributed by atoms with van der Waals surface area (Å²) in [7, 11) is 0. The number of morpholine rings is 1. The molecule has 1 heterocycles. The van der Waals surface area contributed by atoms with E-state index in [-0.39, 0.29) is 5.91 Å². The quantitative estimate of drug-likeness (QED) is 0.755. The highest BCUT2D eigenvalue weighted by atomic mass is 16.5. The Hall–Kier alpha value is -2.53. The molecule has 5 heteroatoms.